The second kappa shape index (κ2) is 12.3. The van der Waals surface area contributed by atoms with Crippen molar-refractivity contribution >= 4 is 23.8 Å². The molecular formula is C40H50O6. The van der Waals surface area contributed by atoms with Gasteiger partial charge in [-0.2, -0.15) is 0 Å². The third-order valence-electron chi connectivity index (χ3n) is 12.7. The van der Waals surface area contributed by atoms with Crippen LogP contribution in [-0.4, -0.2) is 30.4 Å². The molecule has 2 unspecified atom stereocenters. The highest BCUT2D eigenvalue weighted by Gasteiger charge is 2.68. The number of benzene rings is 2. The SMILES string of the molecule is COc1cc(/C=C/C(=O)O[C@]2(C)CC[C@@]34C[C@@H]2C(C)(C)[C@@H]3CC[C@H]4C)ccc1OC(=O)C(C)c1ccc(CC2CCCC2=O)cc1. The molecule has 0 radical (unpaired) electrons. The summed E-state index contributed by atoms with van der Waals surface area (Å²) in [6.07, 6.45) is 12.4. The Balaban J connectivity index is 1.07. The number of Topliss-reactive ketones (excluding diaryl/α,β-unsaturated/α-hetero) is 1. The molecule has 0 N–H and O–H groups in total. The first kappa shape index (κ1) is 32.5. The van der Waals surface area contributed by atoms with Gasteiger partial charge in [-0.15, -0.1) is 0 Å². The summed E-state index contributed by atoms with van der Waals surface area (Å²) >= 11 is 0. The third kappa shape index (κ3) is 5.82. The van der Waals surface area contributed by atoms with Crippen LogP contribution < -0.4 is 9.47 Å². The van der Waals surface area contributed by atoms with Crippen molar-refractivity contribution < 1.29 is 28.6 Å². The van der Waals surface area contributed by atoms with Crippen molar-refractivity contribution in [2.45, 2.75) is 104 Å². The first-order valence-electron chi connectivity index (χ1n) is 17.3. The van der Waals surface area contributed by atoms with Crippen molar-refractivity contribution in [2.24, 2.45) is 34.5 Å². The molecule has 0 aromatic heterocycles. The first-order valence-corrected chi connectivity index (χ1v) is 17.3. The maximum Gasteiger partial charge on any atom is 0.331 e. The smallest absolute Gasteiger partial charge is 0.331 e. The van der Waals surface area contributed by atoms with E-state index in [9.17, 15) is 14.4 Å². The molecule has 2 aromatic carbocycles. The predicted octanol–water partition coefficient (Wildman–Crippen LogP) is 8.50. The summed E-state index contributed by atoms with van der Waals surface area (Å²) in [6.45, 7) is 11.2. The largest absolute Gasteiger partial charge is 0.493 e. The van der Waals surface area contributed by atoms with Gasteiger partial charge in [0.05, 0.1) is 13.0 Å². The number of hydrogen-bond acceptors (Lipinski definition) is 6. The number of ether oxygens (including phenoxy) is 3. The van der Waals surface area contributed by atoms with Gasteiger partial charge in [0.1, 0.15) is 11.4 Å². The zero-order valence-electron chi connectivity index (χ0n) is 28.4. The predicted molar refractivity (Wildman–Crippen MR) is 179 cm³/mol. The van der Waals surface area contributed by atoms with Crippen LogP contribution in [0.5, 0.6) is 11.5 Å². The number of rotatable bonds is 9. The van der Waals surface area contributed by atoms with Gasteiger partial charge in [-0.1, -0.05) is 51.1 Å². The highest BCUT2D eigenvalue weighted by Crippen LogP contribution is 2.73. The average molecular weight is 627 g/mol. The fourth-order valence-corrected chi connectivity index (χ4v) is 9.94. The Bertz CT molecular complexity index is 1520. The standard InChI is InChI=1S/C40H50O6/c1-25-10-18-34-38(3,4)35-24-40(25,34)21-20-39(35,5)46-36(42)19-14-28-13-17-32(33(23-28)44-6)45-37(43)26(2)29-15-11-27(12-16-29)22-30-8-7-9-31(30)41/h11-17,19,23,25-26,30,34-35H,7-10,18,20-22,24H2,1-6H3/b19-14+/t25-,26?,30?,34+,35-,39-,40+/m1/s1. The molecule has 0 heterocycles. The van der Waals surface area contributed by atoms with E-state index in [1.807, 2.05) is 31.2 Å². The Hall–Kier alpha value is -3.41. The minimum absolute atomic E-state index is 0.121. The Kier molecular flexibility index (Phi) is 8.71. The summed E-state index contributed by atoms with van der Waals surface area (Å²) in [6, 6.07) is 13.1. The molecule has 4 aliphatic carbocycles. The number of fused-ring (bicyclic) bond motifs is 1. The van der Waals surface area contributed by atoms with Gasteiger partial charge in [0.15, 0.2) is 11.5 Å². The summed E-state index contributed by atoms with van der Waals surface area (Å²) in [5.74, 6) is 1.82. The molecule has 0 saturated heterocycles. The molecule has 6 heteroatoms. The van der Waals surface area contributed by atoms with Crippen molar-refractivity contribution in [1.82, 2.24) is 0 Å². The van der Waals surface area contributed by atoms with Crippen LogP contribution in [-0.2, 0) is 25.5 Å². The number of esters is 2. The van der Waals surface area contributed by atoms with E-state index in [-0.39, 0.29) is 23.3 Å². The maximum atomic E-state index is 13.2. The second-order valence-corrected chi connectivity index (χ2v) is 15.5. The number of methoxy groups -OCH3 is 1. The fourth-order valence-electron chi connectivity index (χ4n) is 9.94. The summed E-state index contributed by atoms with van der Waals surface area (Å²) in [5, 5.41) is 0. The van der Waals surface area contributed by atoms with E-state index in [0.29, 0.717) is 41.0 Å². The molecule has 46 heavy (non-hydrogen) atoms. The molecule has 2 bridgehead atoms. The number of hydrogen-bond donors (Lipinski definition) is 0. The first-order chi connectivity index (χ1) is 21.9. The highest BCUT2D eigenvalue weighted by molar-refractivity contribution is 5.88. The van der Waals surface area contributed by atoms with E-state index < -0.39 is 11.5 Å². The number of ketones is 1. The van der Waals surface area contributed by atoms with Crippen LogP contribution in [0, 0.1) is 34.5 Å². The lowest BCUT2D eigenvalue weighted by Gasteiger charge is -2.46. The lowest BCUT2D eigenvalue weighted by atomic mass is 9.64. The number of carbonyl (C=O) groups excluding carboxylic acids is 3. The van der Waals surface area contributed by atoms with Crippen molar-refractivity contribution in [2.75, 3.05) is 7.11 Å². The second-order valence-electron chi connectivity index (χ2n) is 15.5. The Morgan fingerprint density at radius 1 is 0.978 bits per heavy atom. The van der Waals surface area contributed by atoms with E-state index >= 15 is 0 Å². The molecule has 2 aromatic rings. The Morgan fingerprint density at radius 2 is 1.74 bits per heavy atom. The molecule has 6 nitrogen and oxygen atoms in total. The maximum absolute atomic E-state index is 13.2. The quantitative estimate of drug-likeness (QED) is 0.158. The molecule has 6 rings (SSSR count). The van der Waals surface area contributed by atoms with E-state index in [1.165, 1.54) is 26.0 Å². The molecule has 0 aliphatic heterocycles. The van der Waals surface area contributed by atoms with Gasteiger partial charge in [0.25, 0.3) is 0 Å². The molecule has 246 valence electrons. The summed E-state index contributed by atoms with van der Waals surface area (Å²) in [5.41, 5.74) is 2.80. The molecule has 4 aliphatic rings. The number of carbonyl (C=O) groups is 3. The van der Waals surface area contributed by atoms with Crippen molar-refractivity contribution in [1.29, 1.82) is 0 Å². The van der Waals surface area contributed by atoms with Crippen LogP contribution in [0.3, 0.4) is 0 Å². The zero-order chi connectivity index (χ0) is 32.9. The summed E-state index contributed by atoms with van der Waals surface area (Å²) in [4.78, 5) is 38.3. The van der Waals surface area contributed by atoms with E-state index in [0.717, 1.165) is 61.1 Å². The van der Waals surface area contributed by atoms with Crippen LogP contribution >= 0.6 is 0 Å². The summed E-state index contributed by atoms with van der Waals surface area (Å²) in [7, 11) is 1.53. The topological polar surface area (TPSA) is 78.9 Å². The Morgan fingerprint density at radius 3 is 2.43 bits per heavy atom. The minimum atomic E-state index is -0.482. The fraction of sp³-hybridized carbons (Fsp3) is 0.575. The van der Waals surface area contributed by atoms with E-state index in [1.54, 1.807) is 24.3 Å². The van der Waals surface area contributed by atoms with Gasteiger partial charge in [-0.05, 0) is 123 Å². The molecule has 0 amide bonds. The molecule has 1 spiro atoms. The molecular weight excluding hydrogens is 576 g/mol. The minimum Gasteiger partial charge on any atom is -0.493 e. The van der Waals surface area contributed by atoms with Gasteiger partial charge in [0, 0.05) is 24.3 Å². The van der Waals surface area contributed by atoms with E-state index in [2.05, 4.69) is 27.7 Å². The van der Waals surface area contributed by atoms with Crippen molar-refractivity contribution in [3.63, 3.8) is 0 Å². The lowest BCUT2D eigenvalue weighted by Crippen LogP contribution is -2.47. The normalized spacial score (nSPS) is 31.9. The average Bonchev–Trinajstić information content (AvgIpc) is 3.65. The zero-order valence-corrected chi connectivity index (χ0v) is 28.4. The Labute approximate surface area is 274 Å². The summed E-state index contributed by atoms with van der Waals surface area (Å²) < 4.78 is 17.6. The highest BCUT2D eigenvalue weighted by atomic mass is 16.6. The van der Waals surface area contributed by atoms with Crippen LogP contribution in [0.25, 0.3) is 6.08 Å². The van der Waals surface area contributed by atoms with Crippen molar-refractivity contribution in [3.8, 4) is 11.5 Å². The van der Waals surface area contributed by atoms with Gasteiger partial charge < -0.3 is 14.2 Å². The van der Waals surface area contributed by atoms with E-state index in [4.69, 9.17) is 14.2 Å². The van der Waals surface area contributed by atoms with Gasteiger partial charge in [-0.25, -0.2) is 4.79 Å². The van der Waals surface area contributed by atoms with Crippen LogP contribution in [0.4, 0.5) is 0 Å². The lowest BCUT2D eigenvalue weighted by molar-refractivity contribution is -0.167. The van der Waals surface area contributed by atoms with Gasteiger partial charge in [0.2, 0.25) is 0 Å². The third-order valence-corrected chi connectivity index (χ3v) is 12.7. The van der Waals surface area contributed by atoms with Crippen LogP contribution in [0.15, 0.2) is 48.5 Å². The monoisotopic (exact) mass is 626 g/mol. The van der Waals surface area contributed by atoms with Crippen LogP contribution in [0.1, 0.15) is 109 Å². The van der Waals surface area contributed by atoms with Crippen LogP contribution in [0.2, 0.25) is 0 Å². The molecule has 7 atom stereocenters. The molecule has 4 saturated carbocycles. The van der Waals surface area contributed by atoms with Crippen molar-refractivity contribution in [3.05, 3.63) is 65.2 Å². The molecule has 4 fully saturated rings. The van der Waals surface area contributed by atoms with Gasteiger partial charge >= 0.3 is 11.9 Å². The van der Waals surface area contributed by atoms with Gasteiger partial charge in [-0.3, -0.25) is 9.59 Å².